The number of carbonyl (C=O) groups is 1. The number of benzene rings is 1. The third-order valence-corrected chi connectivity index (χ3v) is 4.53. The highest BCUT2D eigenvalue weighted by molar-refractivity contribution is 7.12. The van der Waals surface area contributed by atoms with E-state index >= 15 is 0 Å². The zero-order chi connectivity index (χ0) is 18.4. The number of primary amides is 1. The van der Waals surface area contributed by atoms with Gasteiger partial charge in [0.05, 0.1) is 0 Å². The van der Waals surface area contributed by atoms with Gasteiger partial charge in [0.2, 0.25) is 0 Å². The van der Waals surface area contributed by atoms with Crippen LogP contribution in [-0.2, 0) is 0 Å². The van der Waals surface area contributed by atoms with Crippen LogP contribution in [0.25, 0.3) is 27.6 Å². The lowest BCUT2D eigenvalue weighted by Gasteiger charge is -2.05. The molecule has 3 aromatic heterocycles. The fourth-order valence-electron chi connectivity index (χ4n) is 2.53. The van der Waals surface area contributed by atoms with Crippen LogP contribution in [0.4, 0.5) is 8.78 Å². The Morgan fingerprint density at radius 2 is 2.00 bits per heavy atom. The molecule has 10 heteroatoms. The van der Waals surface area contributed by atoms with Gasteiger partial charge in [0.15, 0.2) is 28.8 Å². The van der Waals surface area contributed by atoms with Gasteiger partial charge in [0, 0.05) is 5.56 Å². The summed E-state index contributed by atoms with van der Waals surface area (Å²) in [5.41, 5.74) is 4.94. The Labute approximate surface area is 147 Å². The van der Waals surface area contributed by atoms with Gasteiger partial charge >= 0.3 is 5.69 Å². The van der Waals surface area contributed by atoms with Crippen molar-refractivity contribution >= 4 is 28.4 Å². The number of hydrogen-bond acceptors (Lipinski definition) is 5. The number of rotatable bonds is 3. The predicted molar refractivity (Wildman–Crippen MR) is 91.2 cm³/mol. The van der Waals surface area contributed by atoms with Gasteiger partial charge in [-0.05, 0) is 35.7 Å². The fraction of sp³-hybridized carbons (Fsp3) is 0. The third kappa shape index (κ3) is 2.47. The molecular weight excluding hydrogens is 364 g/mol. The van der Waals surface area contributed by atoms with E-state index in [9.17, 15) is 18.4 Å². The van der Waals surface area contributed by atoms with Crippen LogP contribution in [0.15, 0.2) is 40.5 Å². The second-order valence-corrected chi connectivity index (χ2v) is 6.23. The van der Waals surface area contributed by atoms with Crippen LogP contribution in [-0.4, -0.2) is 25.4 Å². The number of nitrogens with one attached hydrogen (secondary N) is 1. The smallest absolute Gasteiger partial charge is 0.333 e. The number of aromatic nitrogens is 4. The molecule has 0 aliphatic rings. The van der Waals surface area contributed by atoms with Crippen LogP contribution in [0.5, 0.6) is 0 Å². The van der Waals surface area contributed by atoms with Crippen LogP contribution in [0.1, 0.15) is 10.5 Å². The zero-order valence-corrected chi connectivity index (χ0v) is 13.7. The van der Waals surface area contributed by atoms with Gasteiger partial charge in [-0.2, -0.15) is 0 Å². The first-order valence-electron chi connectivity index (χ1n) is 7.27. The molecule has 0 aliphatic heterocycles. The molecule has 0 aliphatic carbocycles. The van der Waals surface area contributed by atoms with Crippen LogP contribution in [0.2, 0.25) is 0 Å². The lowest BCUT2D eigenvalue weighted by atomic mass is 10.2. The van der Waals surface area contributed by atoms with Gasteiger partial charge in [-0.1, -0.05) is 0 Å². The van der Waals surface area contributed by atoms with E-state index < -0.39 is 23.2 Å². The summed E-state index contributed by atoms with van der Waals surface area (Å²) in [6, 6.07) is 6.54. The molecule has 0 saturated carbocycles. The molecule has 0 spiro atoms. The second-order valence-electron chi connectivity index (χ2n) is 5.30. The molecule has 0 fully saturated rings. The summed E-state index contributed by atoms with van der Waals surface area (Å²) in [5.74, 6) is -3.06. The molecule has 130 valence electrons. The molecule has 4 aromatic rings. The van der Waals surface area contributed by atoms with Crippen LogP contribution in [0, 0.1) is 11.6 Å². The number of amides is 1. The Balaban J connectivity index is 2.07. The highest BCUT2D eigenvalue weighted by Gasteiger charge is 2.21. The van der Waals surface area contributed by atoms with E-state index in [2.05, 4.69) is 15.0 Å². The molecule has 1 aromatic carbocycles. The second kappa shape index (κ2) is 5.85. The first-order valence-corrected chi connectivity index (χ1v) is 8.15. The normalized spacial score (nSPS) is 11.2. The lowest BCUT2D eigenvalue weighted by Crippen LogP contribution is -2.15. The summed E-state index contributed by atoms with van der Waals surface area (Å²) < 4.78 is 28.0. The molecule has 1 amide bonds. The number of nitrogens with zero attached hydrogens (tertiary/aromatic N) is 3. The molecule has 0 saturated heterocycles. The minimum atomic E-state index is -1.09. The number of halogens is 2. The van der Waals surface area contributed by atoms with Crippen LogP contribution < -0.4 is 11.4 Å². The number of fused-ring (bicyclic) bond motifs is 1. The van der Waals surface area contributed by atoms with Crippen molar-refractivity contribution in [3.63, 3.8) is 0 Å². The Morgan fingerprint density at radius 3 is 2.65 bits per heavy atom. The number of H-pyrrole nitrogens is 1. The number of aromatic amines is 1. The lowest BCUT2D eigenvalue weighted by molar-refractivity contribution is 0.0997. The molecule has 4 rings (SSSR count). The zero-order valence-electron chi connectivity index (χ0n) is 12.9. The monoisotopic (exact) mass is 373 g/mol. The largest absolute Gasteiger partial charge is 0.364 e. The van der Waals surface area contributed by atoms with Gasteiger partial charge in [0.25, 0.3) is 5.91 Å². The van der Waals surface area contributed by atoms with E-state index in [1.165, 1.54) is 22.0 Å². The third-order valence-electron chi connectivity index (χ3n) is 3.67. The van der Waals surface area contributed by atoms with Crippen molar-refractivity contribution in [1.82, 2.24) is 19.5 Å². The van der Waals surface area contributed by atoms with Crippen molar-refractivity contribution in [1.29, 1.82) is 0 Å². The number of thiophene rings is 1. The minimum absolute atomic E-state index is 0.0606. The van der Waals surface area contributed by atoms with Crippen molar-refractivity contribution in [2.75, 3.05) is 0 Å². The summed E-state index contributed by atoms with van der Waals surface area (Å²) in [5, 5.41) is 2.33. The van der Waals surface area contributed by atoms with Gasteiger partial charge in [-0.15, -0.1) is 11.3 Å². The average molecular weight is 373 g/mol. The Hall–Kier alpha value is -3.40. The number of hydrogen-bond donors (Lipinski definition) is 2. The van der Waals surface area contributed by atoms with Crippen molar-refractivity contribution in [3.05, 3.63) is 63.5 Å². The quantitative estimate of drug-likeness (QED) is 0.574. The number of carbonyl (C=O) groups excluding carboxylic acids is 1. The van der Waals surface area contributed by atoms with Crippen LogP contribution in [0.3, 0.4) is 0 Å². The highest BCUT2D eigenvalue weighted by atomic mass is 32.1. The molecule has 26 heavy (non-hydrogen) atoms. The summed E-state index contributed by atoms with van der Waals surface area (Å²) in [6.45, 7) is 0. The van der Waals surface area contributed by atoms with Crippen molar-refractivity contribution in [3.8, 4) is 16.4 Å². The van der Waals surface area contributed by atoms with E-state index in [0.29, 0.717) is 5.00 Å². The molecule has 0 bridgehead atoms. The summed E-state index contributed by atoms with van der Waals surface area (Å²) in [4.78, 5) is 34.9. The summed E-state index contributed by atoms with van der Waals surface area (Å²) in [6.07, 6.45) is 0. The number of nitrogens with two attached hydrogens (primary N) is 1. The Morgan fingerprint density at radius 1 is 1.19 bits per heavy atom. The molecule has 3 heterocycles. The summed E-state index contributed by atoms with van der Waals surface area (Å²) >= 11 is 1.29. The molecule has 0 unspecified atom stereocenters. The van der Waals surface area contributed by atoms with E-state index in [1.807, 2.05) is 0 Å². The maximum Gasteiger partial charge on any atom is 0.333 e. The van der Waals surface area contributed by atoms with Gasteiger partial charge in [-0.25, -0.2) is 28.1 Å². The highest BCUT2D eigenvalue weighted by Crippen LogP contribution is 2.24. The maximum atomic E-state index is 13.6. The molecule has 7 nitrogen and oxygen atoms in total. The SMILES string of the molecule is NC(=O)c1nc(-c2ccc(F)c(F)c2)nc2c1[nH]c(=O)n2-c1cccs1. The first kappa shape index (κ1) is 16.1. The van der Waals surface area contributed by atoms with E-state index in [-0.39, 0.29) is 28.2 Å². The average Bonchev–Trinajstić information content (AvgIpc) is 3.22. The standard InChI is InChI=1S/C16H9F2N5O2S/c17-8-4-3-7(6-9(8)18)14-20-11(13(19)24)12-15(22-14)23(16(25)21-12)10-2-1-5-26-10/h1-6H,(H2,19,24)(H,21,25). The Bertz CT molecular complexity index is 1210. The van der Waals surface area contributed by atoms with Crippen molar-refractivity contribution < 1.29 is 13.6 Å². The van der Waals surface area contributed by atoms with E-state index in [0.717, 1.165) is 12.1 Å². The Kier molecular flexibility index (Phi) is 3.62. The molecule has 0 atom stereocenters. The summed E-state index contributed by atoms with van der Waals surface area (Å²) in [7, 11) is 0. The van der Waals surface area contributed by atoms with Gasteiger partial charge in [-0.3, -0.25) is 4.79 Å². The maximum absolute atomic E-state index is 13.6. The molecule has 3 N–H and O–H groups in total. The van der Waals surface area contributed by atoms with E-state index in [4.69, 9.17) is 5.73 Å². The minimum Gasteiger partial charge on any atom is -0.364 e. The molecule has 0 radical (unpaired) electrons. The predicted octanol–water partition coefficient (Wildman–Crippen LogP) is 2.21. The van der Waals surface area contributed by atoms with E-state index in [1.54, 1.807) is 17.5 Å². The van der Waals surface area contributed by atoms with Gasteiger partial charge < -0.3 is 10.7 Å². The van der Waals surface area contributed by atoms with Crippen molar-refractivity contribution in [2.45, 2.75) is 0 Å². The fourth-order valence-corrected chi connectivity index (χ4v) is 3.26. The molecular formula is C16H9F2N5O2S. The van der Waals surface area contributed by atoms with Crippen molar-refractivity contribution in [2.24, 2.45) is 5.73 Å². The number of imidazole rings is 1. The topological polar surface area (TPSA) is 107 Å². The first-order chi connectivity index (χ1) is 12.5. The van der Waals surface area contributed by atoms with Gasteiger partial charge in [0.1, 0.15) is 10.5 Å². The van der Waals surface area contributed by atoms with Crippen LogP contribution >= 0.6 is 11.3 Å².